The number of H-pyrrole nitrogens is 1. The summed E-state index contributed by atoms with van der Waals surface area (Å²) in [5, 5.41) is 0.829. The van der Waals surface area contributed by atoms with Gasteiger partial charge in [0.25, 0.3) is 0 Å². The fraction of sp³-hybridized carbons (Fsp3) is 0.222. The number of aryl methyl sites for hydroxylation is 1. The summed E-state index contributed by atoms with van der Waals surface area (Å²) in [7, 11) is 1.34. The van der Waals surface area contributed by atoms with E-state index in [-0.39, 0.29) is 5.76 Å². The molecule has 3 rings (SSSR count). The number of methoxy groups -OCH3 is 1. The first-order chi connectivity index (χ1) is 11.7. The second-order valence-electron chi connectivity index (χ2n) is 5.33. The van der Waals surface area contributed by atoms with Crippen LogP contribution in [0.25, 0.3) is 0 Å². The Morgan fingerprint density at radius 2 is 2.08 bits per heavy atom. The lowest BCUT2D eigenvalue weighted by molar-refractivity contribution is 0.0564. The van der Waals surface area contributed by atoms with Crippen LogP contribution in [0, 0.1) is 6.92 Å². The van der Waals surface area contributed by atoms with Crippen LogP contribution in [0.2, 0.25) is 0 Å². The monoisotopic (exact) mass is 342 g/mol. The lowest BCUT2D eigenvalue weighted by Gasteiger charge is -1.99. The van der Waals surface area contributed by atoms with Crippen LogP contribution >= 0.6 is 11.8 Å². The number of thioether (sulfide) groups is 1. The molecule has 24 heavy (non-hydrogen) atoms. The summed E-state index contributed by atoms with van der Waals surface area (Å²) >= 11 is 1.53. The molecule has 2 aromatic heterocycles. The largest absolute Gasteiger partial charge is 0.463 e. The van der Waals surface area contributed by atoms with Crippen molar-refractivity contribution in [1.82, 2.24) is 9.97 Å². The fourth-order valence-electron chi connectivity index (χ4n) is 2.36. The number of hydrogen-bond acceptors (Lipinski definition) is 5. The Balaban J connectivity index is 1.68. The van der Waals surface area contributed by atoms with Crippen molar-refractivity contribution in [3.8, 4) is 0 Å². The van der Waals surface area contributed by atoms with Crippen LogP contribution in [-0.4, -0.2) is 23.0 Å². The predicted molar refractivity (Wildman–Crippen MR) is 92.2 cm³/mol. The number of aromatic nitrogens is 2. The standard InChI is InChI=1S/C18H18N2O3S/c1-12-15(10-13-6-4-3-5-7-13)20-18(19-12)24-11-14-8-9-23-16(14)17(21)22-2/h3-9H,10-11H2,1-2H3,(H,19,20). The summed E-state index contributed by atoms with van der Waals surface area (Å²) < 4.78 is 9.91. The first-order valence-electron chi connectivity index (χ1n) is 7.54. The van der Waals surface area contributed by atoms with Crippen molar-refractivity contribution in [2.45, 2.75) is 24.3 Å². The average molecular weight is 342 g/mol. The highest BCUT2D eigenvalue weighted by molar-refractivity contribution is 7.98. The smallest absolute Gasteiger partial charge is 0.374 e. The van der Waals surface area contributed by atoms with Crippen LogP contribution in [-0.2, 0) is 16.9 Å². The maximum atomic E-state index is 11.6. The molecule has 2 heterocycles. The normalized spacial score (nSPS) is 10.8. The molecule has 0 unspecified atom stereocenters. The summed E-state index contributed by atoms with van der Waals surface area (Å²) in [4.78, 5) is 19.6. The highest BCUT2D eigenvalue weighted by Crippen LogP contribution is 2.25. The molecule has 0 aliphatic carbocycles. The molecule has 1 N–H and O–H groups in total. The van der Waals surface area contributed by atoms with Gasteiger partial charge in [0.15, 0.2) is 5.16 Å². The number of ether oxygens (including phenoxy) is 1. The van der Waals surface area contributed by atoms with Gasteiger partial charge in [-0.15, -0.1) is 0 Å². The summed E-state index contributed by atoms with van der Waals surface area (Å²) in [5.41, 5.74) is 4.11. The van der Waals surface area contributed by atoms with E-state index < -0.39 is 5.97 Å². The van der Waals surface area contributed by atoms with Crippen LogP contribution in [0.15, 0.2) is 52.2 Å². The van der Waals surface area contributed by atoms with E-state index in [0.717, 1.165) is 28.5 Å². The first kappa shape index (κ1) is 16.4. The van der Waals surface area contributed by atoms with E-state index in [0.29, 0.717) is 5.75 Å². The van der Waals surface area contributed by atoms with Gasteiger partial charge in [-0.25, -0.2) is 9.78 Å². The Bertz CT molecular complexity index is 824. The zero-order chi connectivity index (χ0) is 16.9. The van der Waals surface area contributed by atoms with Crippen molar-refractivity contribution >= 4 is 17.7 Å². The number of aromatic amines is 1. The maximum Gasteiger partial charge on any atom is 0.374 e. The maximum absolute atomic E-state index is 11.6. The van der Waals surface area contributed by atoms with E-state index in [2.05, 4.69) is 22.1 Å². The second-order valence-corrected chi connectivity index (χ2v) is 6.30. The molecule has 3 aromatic rings. The molecule has 0 aliphatic heterocycles. The Kier molecular flexibility index (Phi) is 5.05. The molecular weight excluding hydrogens is 324 g/mol. The fourth-order valence-corrected chi connectivity index (χ4v) is 3.28. The third kappa shape index (κ3) is 3.71. The lowest BCUT2D eigenvalue weighted by atomic mass is 10.1. The number of esters is 1. The van der Waals surface area contributed by atoms with Crippen molar-refractivity contribution in [2.75, 3.05) is 7.11 Å². The number of benzene rings is 1. The molecule has 0 fully saturated rings. The molecule has 0 saturated heterocycles. The van der Waals surface area contributed by atoms with Gasteiger partial charge in [0.1, 0.15) is 0 Å². The Morgan fingerprint density at radius 3 is 2.83 bits per heavy atom. The van der Waals surface area contributed by atoms with Gasteiger partial charge in [-0.3, -0.25) is 0 Å². The van der Waals surface area contributed by atoms with Crippen molar-refractivity contribution in [3.05, 3.63) is 70.9 Å². The number of carbonyl (C=O) groups is 1. The van der Waals surface area contributed by atoms with Crippen LogP contribution in [0.5, 0.6) is 0 Å². The summed E-state index contributed by atoms with van der Waals surface area (Å²) in [6, 6.07) is 12.0. The van der Waals surface area contributed by atoms with Gasteiger partial charge in [-0.1, -0.05) is 42.1 Å². The molecule has 124 valence electrons. The van der Waals surface area contributed by atoms with Gasteiger partial charge in [-0.05, 0) is 18.6 Å². The van der Waals surface area contributed by atoms with E-state index in [1.165, 1.54) is 30.7 Å². The molecule has 0 saturated carbocycles. The van der Waals surface area contributed by atoms with Crippen molar-refractivity contribution in [1.29, 1.82) is 0 Å². The first-order valence-corrected chi connectivity index (χ1v) is 8.53. The van der Waals surface area contributed by atoms with Crippen molar-refractivity contribution in [2.24, 2.45) is 0 Å². The minimum Gasteiger partial charge on any atom is -0.463 e. The molecule has 1 aromatic carbocycles. The Labute approximate surface area is 144 Å². The van der Waals surface area contributed by atoms with E-state index in [1.807, 2.05) is 25.1 Å². The van der Waals surface area contributed by atoms with Gasteiger partial charge in [-0.2, -0.15) is 0 Å². The summed E-state index contributed by atoms with van der Waals surface area (Å²) in [6.45, 7) is 2.02. The number of rotatable bonds is 6. The van der Waals surface area contributed by atoms with Crippen molar-refractivity contribution in [3.63, 3.8) is 0 Å². The predicted octanol–water partition coefficient (Wildman–Crippen LogP) is 3.98. The quantitative estimate of drug-likeness (QED) is 0.542. The van der Waals surface area contributed by atoms with Crippen LogP contribution in [0.4, 0.5) is 0 Å². The third-order valence-corrected chi connectivity index (χ3v) is 4.58. The number of carbonyl (C=O) groups excluding carboxylic acids is 1. The number of hydrogen-bond donors (Lipinski definition) is 1. The van der Waals surface area contributed by atoms with E-state index >= 15 is 0 Å². The molecule has 6 heteroatoms. The molecule has 0 aliphatic rings. The Morgan fingerprint density at radius 1 is 1.29 bits per heavy atom. The third-order valence-electron chi connectivity index (χ3n) is 3.66. The highest BCUT2D eigenvalue weighted by atomic mass is 32.2. The minimum absolute atomic E-state index is 0.248. The van der Waals surface area contributed by atoms with Gasteiger partial charge >= 0.3 is 5.97 Å². The lowest BCUT2D eigenvalue weighted by Crippen LogP contribution is -2.02. The molecule has 0 bridgehead atoms. The van der Waals surface area contributed by atoms with Crippen molar-refractivity contribution < 1.29 is 13.9 Å². The van der Waals surface area contributed by atoms with Crippen LogP contribution < -0.4 is 0 Å². The number of furan rings is 1. The summed E-state index contributed by atoms with van der Waals surface area (Å²) in [6.07, 6.45) is 2.29. The van der Waals surface area contributed by atoms with Gasteiger partial charge in [0.05, 0.1) is 19.1 Å². The topological polar surface area (TPSA) is 68.1 Å². The van der Waals surface area contributed by atoms with Gasteiger partial charge in [0, 0.05) is 23.4 Å². The SMILES string of the molecule is COC(=O)c1occc1CSc1nc(Cc2ccccc2)c(C)[nH]1. The molecule has 0 amide bonds. The van der Waals surface area contributed by atoms with E-state index in [4.69, 9.17) is 9.15 Å². The van der Waals surface area contributed by atoms with Gasteiger partial charge in [0.2, 0.25) is 5.76 Å². The van der Waals surface area contributed by atoms with Crippen LogP contribution in [0.3, 0.4) is 0 Å². The minimum atomic E-state index is -0.462. The molecule has 0 spiro atoms. The molecule has 0 atom stereocenters. The second kappa shape index (κ2) is 7.40. The number of nitrogens with one attached hydrogen (secondary N) is 1. The molecule has 0 radical (unpaired) electrons. The summed E-state index contributed by atoms with van der Waals surface area (Å²) in [5.74, 6) is 0.368. The van der Waals surface area contributed by atoms with Crippen LogP contribution in [0.1, 0.15) is 33.1 Å². The number of imidazole rings is 1. The number of nitrogens with zero attached hydrogens (tertiary/aromatic N) is 1. The zero-order valence-corrected chi connectivity index (χ0v) is 14.4. The van der Waals surface area contributed by atoms with E-state index in [1.54, 1.807) is 6.07 Å². The van der Waals surface area contributed by atoms with E-state index in [9.17, 15) is 4.79 Å². The molecular formula is C18H18N2O3S. The highest BCUT2D eigenvalue weighted by Gasteiger charge is 2.16. The Hall–Kier alpha value is -2.47. The molecule has 5 nitrogen and oxygen atoms in total. The zero-order valence-electron chi connectivity index (χ0n) is 13.5. The average Bonchev–Trinajstić information content (AvgIpc) is 3.20. The van der Waals surface area contributed by atoms with Gasteiger partial charge < -0.3 is 14.1 Å².